The van der Waals surface area contributed by atoms with Crippen molar-refractivity contribution in [1.29, 1.82) is 0 Å². The molecule has 4 nitrogen and oxygen atoms in total. The molecule has 1 atom stereocenters. The Balaban J connectivity index is 2.22. The molecule has 1 unspecified atom stereocenters. The molecule has 1 aliphatic rings. The molecule has 6 heteroatoms. The van der Waals surface area contributed by atoms with Gasteiger partial charge >= 0.3 is 0 Å². The number of piperidine rings is 1. The number of rotatable bonds is 1. The fraction of sp³-hybridized carbons (Fsp3) is 0.385. The molecule has 1 aromatic rings. The molecule has 1 saturated heterocycles. The van der Waals surface area contributed by atoms with Crippen molar-refractivity contribution in [2.75, 3.05) is 13.1 Å². The monoisotopic (exact) mass is 284 g/mol. The summed E-state index contributed by atoms with van der Waals surface area (Å²) in [6.07, 6.45) is 0.482. The van der Waals surface area contributed by atoms with Crippen LogP contribution in [0.4, 0.5) is 4.39 Å². The molecule has 1 heterocycles. The largest absolute Gasteiger partial charge is 0.411 e. The van der Waals surface area contributed by atoms with E-state index in [4.69, 9.17) is 16.8 Å². The summed E-state index contributed by atoms with van der Waals surface area (Å²) in [5, 5.41) is 12.1. The molecule has 19 heavy (non-hydrogen) atoms. The molecular formula is C13H14ClFN2O2. The van der Waals surface area contributed by atoms with Crippen LogP contribution in [0.1, 0.15) is 23.7 Å². The van der Waals surface area contributed by atoms with Gasteiger partial charge < -0.3 is 10.1 Å². The normalized spacial score (nSPS) is 21.7. The Hall–Kier alpha value is -1.62. The van der Waals surface area contributed by atoms with Crippen molar-refractivity contribution in [3.05, 3.63) is 34.6 Å². The van der Waals surface area contributed by atoms with Gasteiger partial charge in [-0.25, -0.2) is 4.39 Å². The number of halogens is 2. The lowest BCUT2D eigenvalue weighted by molar-refractivity contribution is 0.0729. The molecule has 2 rings (SSSR count). The second kappa shape index (κ2) is 5.57. The lowest BCUT2D eigenvalue weighted by atomic mass is 9.97. The van der Waals surface area contributed by atoms with Gasteiger partial charge in [0.25, 0.3) is 5.91 Å². The van der Waals surface area contributed by atoms with Crippen molar-refractivity contribution < 1.29 is 14.4 Å². The second-order valence-electron chi connectivity index (χ2n) is 4.59. The fourth-order valence-corrected chi connectivity index (χ4v) is 2.46. The number of nitrogens with zero attached hydrogens (tertiary/aromatic N) is 2. The van der Waals surface area contributed by atoms with Crippen LogP contribution in [0.15, 0.2) is 23.4 Å². The lowest BCUT2D eigenvalue weighted by Crippen LogP contribution is -2.43. The first kappa shape index (κ1) is 13.8. The first-order valence-electron chi connectivity index (χ1n) is 5.98. The van der Waals surface area contributed by atoms with Gasteiger partial charge in [0, 0.05) is 25.4 Å². The molecule has 1 fully saturated rings. The number of likely N-dealkylation sites (tertiary alicyclic amines) is 1. The highest BCUT2D eigenvalue weighted by Gasteiger charge is 2.28. The number of hydrogen-bond donors (Lipinski definition) is 1. The van der Waals surface area contributed by atoms with Crippen LogP contribution in [0.3, 0.4) is 0 Å². The Kier molecular flexibility index (Phi) is 4.04. The zero-order valence-electron chi connectivity index (χ0n) is 10.4. The van der Waals surface area contributed by atoms with Crippen LogP contribution in [0.25, 0.3) is 0 Å². The van der Waals surface area contributed by atoms with Crippen molar-refractivity contribution in [1.82, 2.24) is 4.90 Å². The summed E-state index contributed by atoms with van der Waals surface area (Å²) in [5.74, 6) is -1.09. The Morgan fingerprint density at radius 3 is 2.89 bits per heavy atom. The van der Waals surface area contributed by atoms with E-state index in [9.17, 15) is 9.18 Å². The van der Waals surface area contributed by atoms with Crippen LogP contribution in [-0.2, 0) is 0 Å². The van der Waals surface area contributed by atoms with Gasteiger partial charge in [0.15, 0.2) is 0 Å². The predicted molar refractivity (Wildman–Crippen MR) is 70.3 cm³/mol. The molecular weight excluding hydrogens is 271 g/mol. The van der Waals surface area contributed by atoms with Gasteiger partial charge in [0.2, 0.25) is 0 Å². The van der Waals surface area contributed by atoms with Gasteiger partial charge in [-0.3, -0.25) is 4.79 Å². The summed E-state index contributed by atoms with van der Waals surface area (Å²) in [5.41, 5.74) is 0.560. The highest BCUT2D eigenvalue weighted by molar-refractivity contribution is 6.33. The summed E-state index contributed by atoms with van der Waals surface area (Å²) in [4.78, 5) is 13.8. The minimum atomic E-state index is -0.619. The molecule has 1 amide bonds. The average molecular weight is 285 g/mol. The van der Waals surface area contributed by atoms with E-state index >= 15 is 0 Å². The second-order valence-corrected chi connectivity index (χ2v) is 5.00. The molecule has 0 bridgehead atoms. The zero-order valence-corrected chi connectivity index (χ0v) is 11.2. The molecule has 0 spiro atoms. The van der Waals surface area contributed by atoms with E-state index in [1.807, 2.05) is 6.92 Å². The quantitative estimate of drug-likeness (QED) is 0.637. The summed E-state index contributed by atoms with van der Waals surface area (Å²) < 4.78 is 13.7. The summed E-state index contributed by atoms with van der Waals surface area (Å²) in [6.45, 7) is 2.65. The van der Waals surface area contributed by atoms with Gasteiger partial charge in [0.1, 0.15) is 5.82 Å². The number of carbonyl (C=O) groups is 1. The smallest absolute Gasteiger partial charge is 0.258 e. The molecule has 1 N–H and O–H groups in total. The van der Waals surface area contributed by atoms with Crippen LogP contribution in [0, 0.1) is 11.7 Å². The van der Waals surface area contributed by atoms with Crippen molar-refractivity contribution in [2.24, 2.45) is 11.1 Å². The van der Waals surface area contributed by atoms with Gasteiger partial charge in [-0.1, -0.05) is 29.7 Å². The average Bonchev–Trinajstić information content (AvgIpc) is 2.38. The minimum Gasteiger partial charge on any atom is -0.411 e. The van der Waals surface area contributed by atoms with Crippen LogP contribution >= 0.6 is 11.6 Å². The highest BCUT2D eigenvalue weighted by atomic mass is 35.5. The van der Waals surface area contributed by atoms with E-state index in [2.05, 4.69) is 5.16 Å². The number of hydrogen-bond acceptors (Lipinski definition) is 3. The van der Waals surface area contributed by atoms with Gasteiger partial charge in [0.05, 0.1) is 16.3 Å². The molecule has 1 aliphatic heterocycles. The van der Waals surface area contributed by atoms with Crippen LogP contribution in [0.2, 0.25) is 5.02 Å². The van der Waals surface area contributed by atoms with E-state index in [1.54, 1.807) is 0 Å². The Bertz CT molecular complexity index is 513. The van der Waals surface area contributed by atoms with Crippen molar-refractivity contribution in [3.8, 4) is 0 Å². The summed E-state index contributed by atoms with van der Waals surface area (Å²) in [7, 11) is 0. The van der Waals surface area contributed by atoms with Crippen molar-refractivity contribution in [2.45, 2.75) is 13.3 Å². The third-order valence-electron chi connectivity index (χ3n) is 3.29. The molecule has 0 aromatic heterocycles. The van der Waals surface area contributed by atoms with Crippen LogP contribution in [0.5, 0.6) is 0 Å². The molecule has 102 valence electrons. The molecule has 0 radical (unpaired) electrons. The standard InChI is InChI=1S/C13H14ClFN2O2/c1-8-7-17(6-5-11(8)16-19)13(18)12-9(14)3-2-4-10(12)15/h2-4,8,19H,5-7H2,1H3/b16-11+. The molecule has 1 aromatic carbocycles. The third kappa shape index (κ3) is 2.71. The summed E-state index contributed by atoms with van der Waals surface area (Å²) in [6, 6.07) is 4.17. The molecule has 0 aliphatic carbocycles. The van der Waals surface area contributed by atoms with E-state index in [1.165, 1.54) is 23.1 Å². The van der Waals surface area contributed by atoms with E-state index < -0.39 is 11.7 Å². The number of benzene rings is 1. The van der Waals surface area contributed by atoms with E-state index in [-0.39, 0.29) is 16.5 Å². The van der Waals surface area contributed by atoms with Gasteiger partial charge in [-0.2, -0.15) is 0 Å². The Labute approximate surface area is 115 Å². The van der Waals surface area contributed by atoms with Gasteiger partial charge in [-0.05, 0) is 12.1 Å². The van der Waals surface area contributed by atoms with Crippen molar-refractivity contribution in [3.63, 3.8) is 0 Å². The van der Waals surface area contributed by atoms with E-state index in [0.717, 1.165) is 0 Å². The SMILES string of the molecule is CC1CN(C(=O)c2c(F)cccc2Cl)CC/C1=N\O. The zero-order chi connectivity index (χ0) is 14.0. The summed E-state index contributed by atoms with van der Waals surface area (Å²) >= 11 is 5.88. The minimum absolute atomic E-state index is 0.0479. The van der Waals surface area contributed by atoms with Gasteiger partial charge in [-0.15, -0.1) is 0 Å². The maximum atomic E-state index is 13.7. The van der Waals surface area contributed by atoms with Crippen molar-refractivity contribution >= 4 is 23.2 Å². The lowest BCUT2D eigenvalue weighted by Gasteiger charge is -2.31. The predicted octanol–water partition coefficient (Wildman–Crippen LogP) is 2.79. The maximum absolute atomic E-state index is 13.7. The molecule has 0 saturated carbocycles. The van der Waals surface area contributed by atoms with Crippen LogP contribution in [-0.4, -0.2) is 34.8 Å². The highest BCUT2D eigenvalue weighted by Crippen LogP contribution is 2.23. The fourth-order valence-electron chi connectivity index (χ4n) is 2.22. The number of oxime groups is 1. The Morgan fingerprint density at radius 1 is 1.58 bits per heavy atom. The first-order valence-corrected chi connectivity index (χ1v) is 6.36. The Morgan fingerprint density at radius 2 is 2.32 bits per heavy atom. The maximum Gasteiger partial charge on any atom is 0.258 e. The van der Waals surface area contributed by atoms with E-state index in [0.29, 0.717) is 25.2 Å². The third-order valence-corrected chi connectivity index (χ3v) is 3.61. The van der Waals surface area contributed by atoms with Crippen LogP contribution < -0.4 is 0 Å². The number of carbonyl (C=O) groups excluding carboxylic acids is 1. The number of amides is 1. The first-order chi connectivity index (χ1) is 9.04. The topological polar surface area (TPSA) is 52.9 Å².